The standard InChI is InChI=1S/C19H18ClN3O3/c1-25-16-7-8-18(26-2)17(9-16)22-19(24)14-5-3-13(4-6-14)11-23-12-15(20)10-21-23/h3-10,12H,11H2,1-2H3,(H,22,24). The molecule has 7 heteroatoms. The highest BCUT2D eigenvalue weighted by molar-refractivity contribution is 6.30. The Labute approximate surface area is 156 Å². The van der Waals surface area contributed by atoms with Gasteiger partial charge in [-0.2, -0.15) is 5.10 Å². The number of aromatic nitrogens is 2. The number of ether oxygens (including phenoxy) is 2. The average molecular weight is 372 g/mol. The predicted molar refractivity (Wildman–Crippen MR) is 100 cm³/mol. The van der Waals surface area contributed by atoms with Gasteiger partial charge in [-0.05, 0) is 29.8 Å². The van der Waals surface area contributed by atoms with Gasteiger partial charge in [0.05, 0.1) is 37.7 Å². The molecule has 0 saturated carbocycles. The summed E-state index contributed by atoms with van der Waals surface area (Å²) in [6, 6.07) is 12.5. The molecule has 0 aliphatic heterocycles. The Balaban J connectivity index is 1.72. The van der Waals surface area contributed by atoms with Crippen LogP contribution in [0.25, 0.3) is 0 Å². The van der Waals surface area contributed by atoms with Crippen LogP contribution >= 0.6 is 11.6 Å². The number of methoxy groups -OCH3 is 2. The number of carbonyl (C=O) groups is 1. The molecule has 1 aromatic heterocycles. The van der Waals surface area contributed by atoms with Gasteiger partial charge in [0.15, 0.2) is 0 Å². The Bertz CT molecular complexity index is 907. The SMILES string of the molecule is COc1ccc(OC)c(NC(=O)c2ccc(Cn3cc(Cl)cn3)cc2)c1. The van der Waals surface area contributed by atoms with Gasteiger partial charge in [-0.3, -0.25) is 9.48 Å². The molecule has 3 aromatic rings. The van der Waals surface area contributed by atoms with Crippen LogP contribution in [0.15, 0.2) is 54.9 Å². The van der Waals surface area contributed by atoms with E-state index < -0.39 is 0 Å². The minimum absolute atomic E-state index is 0.231. The van der Waals surface area contributed by atoms with Gasteiger partial charge in [-0.1, -0.05) is 23.7 Å². The summed E-state index contributed by atoms with van der Waals surface area (Å²) in [6.07, 6.45) is 3.34. The van der Waals surface area contributed by atoms with Crippen molar-refractivity contribution in [1.29, 1.82) is 0 Å². The average Bonchev–Trinajstić information content (AvgIpc) is 3.07. The van der Waals surface area contributed by atoms with Crippen LogP contribution in [0.2, 0.25) is 5.02 Å². The number of benzene rings is 2. The van der Waals surface area contributed by atoms with Gasteiger partial charge in [0, 0.05) is 17.8 Å². The summed E-state index contributed by atoms with van der Waals surface area (Å²) in [7, 11) is 3.12. The molecule has 6 nitrogen and oxygen atoms in total. The molecule has 0 unspecified atom stereocenters. The predicted octanol–water partition coefficient (Wildman–Crippen LogP) is 3.85. The van der Waals surface area contributed by atoms with E-state index in [0.717, 1.165) is 5.56 Å². The molecule has 0 radical (unpaired) electrons. The molecular formula is C19H18ClN3O3. The van der Waals surface area contributed by atoms with Crippen LogP contribution in [0.5, 0.6) is 11.5 Å². The van der Waals surface area contributed by atoms with Gasteiger partial charge < -0.3 is 14.8 Å². The molecule has 134 valence electrons. The number of rotatable bonds is 6. The summed E-state index contributed by atoms with van der Waals surface area (Å²) in [5.41, 5.74) is 2.10. The zero-order valence-electron chi connectivity index (χ0n) is 14.4. The number of halogens is 1. The summed E-state index contributed by atoms with van der Waals surface area (Å²) in [6.45, 7) is 0.582. The van der Waals surface area contributed by atoms with Crippen LogP contribution in [0.1, 0.15) is 15.9 Å². The number of nitrogens with one attached hydrogen (secondary N) is 1. The monoisotopic (exact) mass is 371 g/mol. The molecule has 0 saturated heterocycles. The Morgan fingerprint density at radius 3 is 2.54 bits per heavy atom. The molecule has 0 atom stereocenters. The van der Waals surface area contributed by atoms with E-state index >= 15 is 0 Å². The lowest BCUT2D eigenvalue weighted by Crippen LogP contribution is -2.13. The summed E-state index contributed by atoms with van der Waals surface area (Å²) >= 11 is 5.86. The Morgan fingerprint density at radius 1 is 1.15 bits per heavy atom. The third-order valence-electron chi connectivity index (χ3n) is 3.82. The Morgan fingerprint density at radius 2 is 1.92 bits per heavy atom. The number of amides is 1. The first-order valence-corrected chi connectivity index (χ1v) is 8.27. The van der Waals surface area contributed by atoms with E-state index in [2.05, 4.69) is 10.4 Å². The third-order valence-corrected chi connectivity index (χ3v) is 4.01. The van der Waals surface area contributed by atoms with E-state index in [1.165, 1.54) is 0 Å². The van der Waals surface area contributed by atoms with E-state index in [-0.39, 0.29) is 5.91 Å². The fourth-order valence-electron chi connectivity index (χ4n) is 2.48. The van der Waals surface area contributed by atoms with Gasteiger partial charge in [0.25, 0.3) is 5.91 Å². The van der Waals surface area contributed by atoms with E-state index in [4.69, 9.17) is 21.1 Å². The van der Waals surface area contributed by atoms with Gasteiger partial charge >= 0.3 is 0 Å². The topological polar surface area (TPSA) is 65.4 Å². The van der Waals surface area contributed by atoms with Crippen molar-refractivity contribution in [3.63, 3.8) is 0 Å². The Kier molecular flexibility index (Phi) is 5.43. The van der Waals surface area contributed by atoms with Crippen LogP contribution in [0.4, 0.5) is 5.69 Å². The molecule has 0 bridgehead atoms. The molecule has 1 N–H and O–H groups in total. The maximum absolute atomic E-state index is 12.5. The van der Waals surface area contributed by atoms with E-state index in [1.807, 2.05) is 12.1 Å². The van der Waals surface area contributed by atoms with Crippen LogP contribution in [0.3, 0.4) is 0 Å². The van der Waals surface area contributed by atoms with Crippen molar-refractivity contribution in [2.24, 2.45) is 0 Å². The first-order chi connectivity index (χ1) is 12.6. The zero-order valence-corrected chi connectivity index (χ0v) is 15.2. The molecule has 0 aliphatic rings. The molecule has 26 heavy (non-hydrogen) atoms. The van der Waals surface area contributed by atoms with Crippen molar-refractivity contribution in [3.05, 3.63) is 71.0 Å². The van der Waals surface area contributed by atoms with E-state index in [1.54, 1.807) is 61.6 Å². The summed E-state index contributed by atoms with van der Waals surface area (Å²) in [4.78, 5) is 12.5. The molecule has 2 aromatic carbocycles. The summed E-state index contributed by atoms with van der Waals surface area (Å²) < 4.78 is 12.2. The first-order valence-electron chi connectivity index (χ1n) is 7.89. The quantitative estimate of drug-likeness (QED) is 0.714. The van der Waals surface area contributed by atoms with Crippen LogP contribution in [0, 0.1) is 0 Å². The maximum atomic E-state index is 12.5. The lowest BCUT2D eigenvalue weighted by atomic mass is 10.1. The highest BCUT2D eigenvalue weighted by Gasteiger charge is 2.11. The number of hydrogen-bond donors (Lipinski definition) is 1. The summed E-state index contributed by atoms with van der Waals surface area (Å²) in [5.74, 6) is 0.964. The fourth-order valence-corrected chi connectivity index (χ4v) is 2.64. The van der Waals surface area contributed by atoms with Crippen molar-refractivity contribution in [3.8, 4) is 11.5 Å². The minimum atomic E-state index is -0.231. The fraction of sp³-hybridized carbons (Fsp3) is 0.158. The van der Waals surface area contributed by atoms with Crippen molar-refractivity contribution >= 4 is 23.2 Å². The second kappa shape index (κ2) is 7.93. The number of anilines is 1. The van der Waals surface area contributed by atoms with E-state index in [9.17, 15) is 4.79 Å². The third kappa shape index (κ3) is 4.15. The first kappa shape index (κ1) is 17.8. The van der Waals surface area contributed by atoms with Crippen molar-refractivity contribution in [2.45, 2.75) is 6.54 Å². The van der Waals surface area contributed by atoms with Gasteiger partial charge in [0.2, 0.25) is 0 Å². The lowest BCUT2D eigenvalue weighted by molar-refractivity contribution is 0.102. The molecular weight excluding hydrogens is 354 g/mol. The van der Waals surface area contributed by atoms with Crippen LogP contribution < -0.4 is 14.8 Å². The van der Waals surface area contributed by atoms with E-state index in [0.29, 0.717) is 34.3 Å². The highest BCUT2D eigenvalue weighted by Crippen LogP contribution is 2.29. The second-order valence-corrected chi connectivity index (χ2v) is 6.01. The molecule has 0 fully saturated rings. The molecule has 0 spiro atoms. The number of carbonyl (C=O) groups excluding carboxylic acids is 1. The van der Waals surface area contributed by atoms with Gasteiger partial charge in [0.1, 0.15) is 11.5 Å². The number of nitrogens with zero attached hydrogens (tertiary/aromatic N) is 2. The largest absolute Gasteiger partial charge is 0.497 e. The van der Waals surface area contributed by atoms with Crippen molar-refractivity contribution in [2.75, 3.05) is 19.5 Å². The highest BCUT2D eigenvalue weighted by atomic mass is 35.5. The number of hydrogen-bond acceptors (Lipinski definition) is 4. The summed E-state index contributed by atoms with van der Waals surface area (Å²) in [5, 5.41) is 7.58. The van der Waals surface area contributed by atoms with Crippen molar-refractivity contribution < 1.29 is 14.3 Å². The smallest absolute Gasteiger partial charge is 0.255 e. The Hall–Kier alpha value is -2.99. The maximum Gasteiger partial charge on any atom is 0.255 e. The van der Waals surface area contributed by atoms with Crippen molar-refractivity contribution in [1.82, 2.24) is 9.78 Å². The molecule has 0 aliphatic carbocycles. The zero-order chi connectivity index (χ0) is 18.5. The van der Waals surface area contributed by atoms with Crippen LogP contribution in [-0.2, 0) is 6.54 Å². The van der Waals surface area contributed by atoms with Gasteiger partial charge in [-0.25, -0.2) is 0 Å². The molecule has 3 rings (SSSR count). The molecule has 1 heterocycles. The second-order valence-electron chi connectivity index (χ2n) is 5.57. The van der Waals surface area contributed by atoms with Gasteiger partial charge in [-0.15, -0.1) is 0 Å². The minimum Gasteiger partial charge on any atom is -0.497 e. The normalized spacial score (nSPS) is 10.4. The lowest BCUT2D eigenvalue weighted by Gasteiger charge is -2.12. The molecule has 1 amide bonds. The van der Waals surface area contributed by atoms with Crippen LogP contribution in [-0.4, -0.2) is 29.9 Å².